The van der Waals surface area contributed by atoms with Crippen molar-refractivity contribution in [3.63, 3.8) is 0 Å². The summed E-state index contributed by atoms with van der Waals surface area (Å²) in [5, 5.41) is 10.5. The number of carbonyl (C=O) groups is 1. The van der Waals surface area contributed by atoms with E-state index >= 15 is 0 Å². The summed E-state index contributed by atoms with van der Waals surface area (Å²) in [6.07, 6.45) is -1.04. The molecule has 0 atom stereocenters. The van der Waals surface area contributed by atoms with Crippen LogP contribution in [0, 0.1) is 0 Å². The van der Waals surface area contributed by atoms with Gasteiger partial charge in [-0.15, -0.1) is 0 Å². The van der Waals surface area contributed by atoms with E-state index in [9.17, 15) is 4.79 Å². The molecule has 1 aromatic rings. The SMILES string of the molecule is O=C(O)Nc1ccccc1.[HH]. The second-order valence-corrected chi connectivity index (χ2v) is 1.80. The molecular formula is C7H9NO2. The standard InChI is InChI=1S/C7H7NO2.H2/c9-7(10)8-6-4-2-1-3-5-6;/h1-5,8H,(H,9,10);1H. The van der Waals surface area contributed by atoms with Gasteiger partial charge in [-0.1, -0.05) is 18.2 Å². The third-order valence-electron chi connectivity index (χ3n) is 1.03. The van der Waals surface area contributed by atoms with Crippen LogP contribution in [-0.4, -0.2) is 11.2 Å². The summed E-state index contributed by atoms with van der Waals surface area (Å²) >= 11 is 0. The molecular weight excluding hydrogens is 130 g/mol. The first-order chi connectivity index (χ1) is 4.79. The predicted octanol–water partition coefficient (Wildman–Crippen LogP) is 2.02. The number of anilines is 1. The highest BCUT2D eigenvalue weighted by Crippen LogP contribution is 2.03. The Hall–Kier alpha value is -1.51. The summed E-state index contributed by atoms with van der Waals surface area (Å²) < 4.78 is 0. The van der Waals surface area contributed by atoms with Gasteiger partial charge in [0.05, 0.1) is 0 Å². The van der Waals surface area contributed by atoms with E-state index in [1.54, 1.807) is 24.3 Å². The fourth-order valence-corrected chi connectivity index (χ4v) is 0.645. The first kappa shape index (κ1) is 6.61. The fraction of sp³-hybridized carbons (Fsp3) is 0. The van der Waals surface area contributed by atoms with Gasteiger partial charge in [0.15, 0.2) is 0 Å². The lowest BCUT2D eigenvalue weighted by atomic mass is 10.3. The molecule has 0 saturated heterocycles. The first-order valence-corrected chi connectivity index (χ1v) is 2.84. The largest absolute Gasteiger partial charge is 0.465 e. The molecule has 10 heavy (non-hydrogen) atoms. The van der Waals surface area contributed by atoms with Crippen molar-refractivity contribution in [1.82, 2.24) is 0 Å². The maximum Gasteiger partial charge on any atom is 0.409 e. The van der Waals surface area contributed by atoms with E-state index in [-0.39, 0.29) is 1.43 Å². The van der Waals surface area contributed by atoms with Crippen LogP contribution in [0.15, 0.2) is 30.3 Å². The van der Waals surface area contributed by atoms with Gasteiger partial charge in [0.1, 0.15) is 0 Å². The molecule has 0 heterocycles. The Morgan fingerprint density at radius 1 is 1.40 bits per heavy atom. The first-order valence-electron chi connectivity index (χ1n) is 2.84. The summed E-state index contributed by atoms with van der Waals surface area (Å²) in [7, 11) is 0. The molecule has 1 amide bonds. The number of benzene rings is 1. The number of carboxylic acid groups (broad SMARTS) is 1. The van der Waals surface area contributed by atoms with Gasteiger partial charge in [-0.2, -0.15) is 0 Å². The second kappa shape index (κ2) is 2.87. The quantitative estimate of drug-likeness (QED) is 0.625. The normalized spacial score (nSPS) is 8.80. The zero-order valence-electron chi connectivity index (χ0n) is 5.24. The van der Waals surface area contributed by atoms with Gasteiger partial charge in [0, 0.05) is 7.11 Å². The van der Waals surface area contributed by atoms with E-state index < -0.39 is 6.09 Å². The van der Waals surface area contributed by atoms with E-state index in [1.807, 2.05) is 6.07 Å². The van der Waals surface area contributed by atoms with Crippen LogP contribution in [0.25, 0.3) is 0 Å². The zero-order valence-corrected chi connectivity index (χ0v) is 5.24. The minimum atomic E-state index is -1.04. The molecule has 0 fully saturated rings. The van der Waals surface area contributed by atoms with E-state index in [2.05, 4.69) is 5.32 Å². The highest BCUT2D eigenvalue weighted by atomic mass is 16.4. The summed E-state index contributed by atoms with van der Waals surface area (Å²) in [6.45, 7) is 0. The maximum absolute atomic E-state index is 10.1. The fourth-order valence-electron chi connectivity index (χ4n) is 0.645. The number of hydrogen-bond donors (Lipinski definition) is 2. The van der Waals surface area contributed by atoms with Crippen LogP contribution in [0.1, 0.15) is 1.43 Å². The molecule has 0 aliphatic rings. The van der Waals surface area contributed by atoms with Gasteiger partial charge < -0.3 is 5.11 Å². The van der Waals surface area contributed by atoms with Gasteiger partial charge >= 0.3 is 6.09 Å². The molecule has 0 radical (unpaired) electrons. The van der Waals surface area contributed by atoms with Crippen LogP contribution in [0.5, 0.6) is 0 Å². The van der Waals surface area contributed by atoms with Crippen molar-refractivity contribution in [2.24, 2.45) is 0 Å². The summed E-state index contributed by atoms with van der Waals surface area (Å²) in [5.74, 6) is 0. The van der Waals surface area contributed by atoms with E-state index in [4.69, 9.17) is 5.11 Å². The highest BCUT2D eigenvalue weighted by Gasteiger charge is 1.92. The third kappa shape index (κ3) is 1.78. The molecule has 1 rings (SSSR count). The van der Waals surface area contributed by atoms with Crippen molar-refractivity contribution < 1.29 is 11.3 Å². The lowest BCUT2D eigenvalue weighted by Gasteiger charge is -1.96. The predicted molar refractivity (Wildman–Crippen MR) is 40.2 cm³/mol. The van der Waals surface area contributed by atoms with Crippen LogP contribution in [0.3, 0.4) is 0 Å². The van der Waals surface area contributed by atoms with E-state index in [0.717, 1.165) is 0 Å². The number of rotatable bonds is 1. The van der Waals surface area contributed by atoms with Gasteiger partial charge in [-0.05, 0) is 12.1 Å². The Balaban J connectivity index is 0.000001000. The second-order valence-electron chi connectivity index (χ2n) is 1.80. The molecule has 0 aliphatic carbocycles. The molecule has 0 bridgehead atoms. The molecule has 0 spiro atoms. The maximum atomic E-state index is 10.1. The topological polar surface area (TPSA) is 49.3 Å². The van der Waals surface area contributed by atoms with Crippen molar-refractivity contribution in [3.05, 3.63) is 30.3 Å². The smallest absolute Gasteiger partial charge is 0.409 e. The molecule has 2 N–H and O–H groups in total. The Morgan fingerprint density at radius 3 is 2.50 bits per heavy atom. The Morgan fingerprint density at radius 2 is 2.00 bits per heavy atom. The van der Waals surface area contributed by atoms with Gasteiger partial charge in [-0.3, -0.25) is 5.32 Å². The van der Waals surface area contributed by atoms with Crippen LogP contribution >= 0.6 is 0 Å². The number of para-hydroxylation sites is 1. The van der Waals surface area contributed by atoms with Crippen molar-refractivity contribution in [1.29, 1.82) is 0 Å². The van der Waals surface area contributed by atoms with Crippen molar-refractivity contribution in [3.8, 4) is 0 Å². The Bertz CT molecular complexity index is 225. The highest BCUT2D eigenvalue weighted by molar-refractivity contribution is 5.82. The van der Waals surface area contributed by atoms with Crippen molar-refractivity contribution >= 4 is 11.8 Å². The molecule has 1 aromatic carbocycles. The van der Waals surface area contributed by atoms with Gasteiger partial charge in [0.2, 0.25) is 0 Å². The van der Waals surface area contributed by atoms with E-state index in [1.165, 1.54) is 0 Å². The lowest BCUT2D eigenvalue weighted by molar-refractivity contribution is 0.210. The molecule has 3 nitrogen and oxygen atoms in total. The molecule has 54 valence electrons. The molecule has 0 aromatic heterocycles. The van der Waals surface area contributed by atoms with Crippen LogP contribution in [0.4, 0.5) is 10.5 Å². The zero-order chi connectivity index (χ0) is 7.40. The average molecular weight is 139 g/mol. The molecule has 0 unspecified atom stereocenters. The molecule has 0 aliphatic heterocycles. The van der Waals surface area contributed by atoms with Gasteiger partial charge in [0.25, 0.3) is 0 Å². The third-order valence-corrected chi connectivity index (χ3v) is 1.03. The lowest BCUT2D eigenvalue weighted by Crippen LogP contribution is -2.06. The average Bonchev–Trinajstić information content (AvgIpc) is 1.88. The van der Waals surface area contributed by atoms with Crippen LogP contribution in [-0.2, 0) is 0 Å². The summed E-state index contributed by atoms with van der Waals surface area (Å²) in [5.41, 5.74) is 0.593. The van der Waals surface area contributed by atoms with Crippen molar-refractivity contribution in [2.75, 3.05) is 5.32 Å². The minimum Gasteiger partial charge on any atom is -0.465 e. The Labute approximate surface area is 59.8 Å². The monoisotopic (exact) mass is 139 g/mol. The van der Waals surface area contributed by atoms with Crippen LogP contribution in [0.2, 0.25) is 0 Å². The van der Waals surface area contributed by atoms with Crippen molar-refractivity contribution in [2.45, 2.75) is 0 Å². The van der Waals surface area contributed by atoms with E-state index in [0.29, 0.717) is 5.69 Å². The number of amides is 1. The Kier molecular flexibility index (Phi) is 1.89. The summed E-state index contributed by atoms with van der Waals surface area (Å²) in [4.78, 5) is 10.1. The summed E-state index contributed by atoms with van der Waals surface area (Å²) in [6, 6.07) is 8.74. The molecule has 3 heteroatoms. The van der Waals surface area contributed by atoms with Crippen LogP contribution < -0.4 is 5.32 Å². The number of nitrogens with one attached hydrogen (secondary N) is 1. The number of hydrogen-bond acceptors (Lipinski definition) is 1. The van der Waals surface area contributed by atoms with Gasteiger partial charge in [-0.25, -0.2) is 4.79 Å². The molecule has 0 saturated carbocycles. The minimum absolute atomic E-state index is 0.